The number of sulfonamides is 1. The van der Waals surface area contributed by atoms with Crippen molar-refractivity contribution in [2.75, 3.05) is 15.4 Å². The Bertz CT molecular complexity index is 990. The van der Waals surface area contributed by atoms with Crippen molar-refractivity contribution < 1.29 is 18.0 Å². The fourth-order valence-electron chi connectivity index (χ4n) is 2.62. The van der Waals surface area contributed by atoms with Gasteiger partial charge in [0.05, 0.1) is 28.1 Å². The first-order valence-corrected chi connectivity index (χ1v) is 9.99. The Hall–Kier alpha value is -2.09. The van der Waals surface area contributed by atoms with Crippen LogP contribution < -0.4 is 9.62 Å². The number of rotatable bonds is 3. The van der Waals surface area contributed by atoms with Crippen molar-refractivity contribution in [3.8, 4) is 0 Å². The fraction of sp³-hybridized carbons (Fsp3) is 0.176. The summed E-state index contributed by atoms with van der Waals surface area (Å²) in [6.45, 7) is 1.57. The van der Waals surface area contributed by atoms with E-state index in [0.29, 0.717) is 15.7 Å². The molecule has 3 rings (SSSR count). The molecule has 1 saturated heterocycles. The molecule has 1 atom stereocenters. The summed E-state index contributed by atoms with van der Waals surface area (Å²) in [6.07, 6.45) is 0. The SMILES string of the molecule is CC1CS(=O)(=O)N(c2ccc(C(=O)Nc3cc(Cl)ccc3Cl)cc2)C1=O. The summed E-state index contributed by atoms with van der Waals surface area (Å²) >= 11 is 11.9. The van der Waals surface area contributed by atoms with Crippen LogP contribution in [0.4, 0.5) is 11.4 Å². The normalized spacial score (nSPS) is 18.8. The number of carbonyl (C=O) groups excluding carboxylic acids is 2. The zero-order valence-electron chi connectivity index (χ0n) is 13.6. The lowest BCUT2D eigenvalue weighted by molar-refractivity contribution is -0.119. The minimum Gasteiger partial charge on any atom is -0.321 e. The lowest BCUT2D eigenvalue weighted by Crippen LogP contribution is -2.30. The molecule has 0 spiro atoms. The number of benzene rings is 2. The van der Waals surface area contributed by atoms with Crippen LogP contribution in [0, 0.1) is 5.92 Å². The first-order chi connectivity index (χ1) is 12.2. The Morgan fingerprint density at radius 3 is 2.38 bits per heavy atom. The van der Waals surface area contributed by atoms with Crippen molar-refractivity contribution in [1.29, 1.82) is 0 Å². The van der Waals surface area contributed by atoms with Gasteiger partial charge in [-0.3, -0.25) is 9.59 Å². The van der Waals surface area contributed by atoms with Crippen molar-refractivity contribution >= 4 is 56.4 Å². The van der Waals surface area contributed by atoms with E-state index in [1.54, 1.807) is 19.1 Å². The van der Waals surface area contributed by atoms with Crippen LogP contribution in [0.5, 0.6) is 0 Å². The molecule has 26 heavy (non-hydrogen) atoms. The van der Waals surface area contributed by atoms with E-state index < -0.39 is 27.8 Å². The largest absolute Gasteiger partial charge is 0.321 e. The Balaban J connectivity index is 1.82. The van der Waals surface area contributed by atoms with Crippen LogP contribution in [-0.4, -0.2) is 26.0 Å². The van der Waals surface area contributed by atoms with Crippen LogP contribution in [0.2, 0.25) is 10.0 Å². The molecule has 1 aliphatic heterocycles. The number of nitrogens with one attached hydrogen (secondary N) is 1. The molecule has 0 bridgehead atoms. The second-order valence-corrected chi connectivity index (χ2v) is 8.61. The van der Waals surface area contributed by atoms with Gasteiger partial charge in [0, 0.05) is 10.6 Å². The average Bonchev–Trinajstić information content (AvgIpc) is 2.78. The van der Waals surface area contributed by atoms with Crippen molar-refractivity contribution in [3.63, 3.8) is 0 Å². The molecule has 1 heterocycles. The topological polar surface area (TPSA) is 83.6 Å². The summed E-state index contributed by atoms with van der Waals surface area (Å²) < 4.78 is 25.0. The van der Waals surface area contributed by atoms with E-state index in [-0.39, 0.29) is 17.0 Å². The molecule has 6 nitrogen and oxygen atoms in total. The maximum Gasteiger partial charge on any atom is 0.255 e. The van der Waals surface area contributed by atoms with Gasteiger partial charge in [0.1, 0.15) is 0 Å². The molecule has 2 aromatic rings. The molecule has 2 aromatic carbocycles. The standard InChI is InChI=1S/C17H14Cl2N2O4S/c1-10-9-26(24,25)21(17(10)23)13-5-2-11(3-6-13)16(22)20-15-8-12(18)4-7-14(15)19/h2-8,10H,9H2,1H3,(H,20,22). The predicted octanol–water partition coefficient (Wildman–Crippen LogP) is 3.56. The average molecular weight is 413 g/mol. The molecule has 1 unspecified atom stereocenters. The third-order valence-electron chi connectivity index (χ3n) is 3.90. The highest BCUT2D eigenvalue weighted by atomic mass is 35.5. The van der Waals surface area contributed by atoms with Gasteiger partial charge in [-0.05, 0) is 42.5 Å². The van der Waals surface area contributed by atoms with Crippen molar-refractivity contribution in [3.05, 3.63) is 58.1 Å². The highest BCUT2D eigenvalue weighted by Crippen LogP contribution is 2.29. The van der Waals surface area contributed by atoms with Gasteiger partial charge in [0.25, 0.3) is 5.91 Å². The van der Waals surface area contributed by atoms with Crippen LogP contribution in [-0.2, 0) is 14.8 Å². The Labute approximate surface area is 160 Å². The van der Waals surface area contributed by atoms with Gasteiger partial charge < -0.3 is 5.32 Å². The number of halogens is 2. The summed E-state index contributed by atoms with van der Waals surface area (Å²) in [5, 5.41) is 3.39. The molecule has 0 radical (unpaired) electrons. The van der Waals surface area contributed by atoms with Gasteiger partial charge in [0.2, 0.25) is 15.9 Å². The van der Waals surface area contributed by atoms with Gasteiger partial charge in [-0.2, -0.15) is 0 Å². The molecular weight excluding hydrogens is 399 g/mol. The van der Waals surface area contributed by atoms with Gasteiger partial charge in [-0.1, -0.05) is 30.1 Å². The van der Waals surface area contributed by atoms with Crippen LogP contribution >= 0.6 is 23.2 Å². The third kappa shape index (κ3) is 3.56. The summed E-state index contributed by atoms with van der Waals surface area (Å²) in [6, 6.07) is 10.4. The predicted molar refractivity (Wildman–Crippen MR) is 101 cm³/mol. The van der Waals surface area contributed by atoms with Crippen molar-refractivity contribution in [2.24, 2.45) is 5.92 Å². The number of nitrogens with zero attached hydrogens (tertiary/aromatic N) is 1. The Morgan fingerprint density at radius 1 is 1.15 bits per heavy atom. The van der Waals surface area contributed by atoms with Crippen molar-refractivity contribution in [2.45, 2.75) is 6.92 Å². The molecular formula is C17H14Cl2N2O4S. The molecule has 0 aromatic heterocycles. The molecule has 2 amide bonds. The smallest absolute Gasteiger partial charge is 0.255 e. The number of hydrogen-bond donors (Lipinski definition) is 1. The minimum absolute atomic E-state index is 0.205. The molecule has 9 heteroatoms. The summed E-state index contributed by atoms with van der Waals surface area (Å²) in [5.41, 5.74) is 0.845. The molecule has 1 aliphatic rings. The van der Waals surface area contributed by atoms with Gasteiger partial charge in [-0.25, -0.2) is 12.7 Å². The monoisotopic (exact) mass is 412 g/mol. The quantitative estimate of drug-likeness (QED) is 0.834. The van der Waals surface area contributed by atoms with Gasteiger partial charge in [-0.15, -0.1) is 0 Å². The lowest BCUT2D eigenvalue weighted by Gasteiger charge is -2.15. The molecule has 136 valence electrons. The molecule has 1 N–H and O–H groups in total. The van der Waals surface area contributed by atoms with Crippen LogP contribution in [0.1, 0.15) is 17.3 Å². The van der Waals surface area contributed by atoms with E-state index in [2.05, 4.69) is 5.32 Å². The maximum absolute atomic E-state index is 12.3. The fourth-order valence-corrected chi connectivity index (χ4v) is 4.78. The Kier molecular flexibility index (Phi) is 4.96. The van der Waals surface area contributed by atoms with Gasteiger partial charge >= 0.3 is 0 Å². The highest BCUT2D eigenvalue weighted by molar-refractivity contribution is 7.94. The second kappa shape index (κ2) is 6.90. The molecule has 0 saturated carbocycles. The summed E-state index contributed by atoms with van der Waals surface area (Å²) in [5.74, 6) is -1.73. The van der Waals surface area contributed by atoms with E-state index in [0.717, 1.165) is 4.31 Å². The number of carbonyl (C=O) groups is 2. The van der Waals surface area contributed by atoms with E-state index in [4.69, 9.17) is 23.2 Å². The third-order valence-corrected chi connectivity index (χ3v) is 6.33. The first kappa shape index (κ1) is 18.7. The van der Waals surface area contributed by atoms with E-state index in [1.807, 2.05) is 0 Å². The summed E-state index contributed by atoms with van der Waals surface area (Å²) in [7, 11) is -3.68. The number of anilines is 2. The van der Waals surface area contributed by atoms with E-state index >= 15 is 0 Å². The zero-order chi connectivity index (χ0) is 19.1. The Morgan fingerprint density at radius 2 is 1.81 bits per heavy atom. The maximum atomic E-state index is 12.3. The molecule has 0 aliphatic carbocycles. The first-order valence-electron chi connectivity index (χ1n) is 7.62. The lowest BCUT2D eigenvalue weighted by atomic mass is 10.1. The zero-order valence-corrected chi connectivity index (χ0v) is 15.9. The molecule has 1 fully saturated rings. The van der Waals surface area contributed by atoms with E-state index in [9.17, 15) is 18.0 Å². The van der Waals surface area contributed by atoms with Crippen LogP contribution in [0.25, 0.3) is 0 Å². The van der Waals surface area contributed by atoms with E-state index in [1.165, 1.54) is 30.3 Å². The van der Waals surface area contributed by atoms with Gasteiger partial charge in [0.15, 0.2) is 0 Å². The number of amides is 2. The minimum atomic E-state index is -3.68. The van der Waals surface area contributed by atoms with Crippen molar-refractivity contribution in [1.82, 2.24) is 0 Å². The van der Waals surface area contributed by atoms with Crippen LogP contribution in [0.3, 0.4) is 0 Å². The van der Waals surface area contributed by atoms with Crippen LogP contribution in [0.15, 0.2) is 42.5 Å². The highest BCUT2D eigenvalue weighted by Gasteiger charge is 2.41. The summed E-state index contributed by atoms with van der Waals surface area (Å²) in [4.78, 5) is 24.4. The second-order valence-electron chi connectivity index (χ2n) is 5.91. The number of hydrogen-bond acceptors (Lipinski definition) is 4.